The zero-order chi connectivity index (χ0) is 26.7. The van der Waals surface area contributed by atoms with Crippen LogP contribution < -0.4 is 10.4 Å². The van der Waals surface area contributed by atoms with E-state index in [1.54, 1.807) is 13.0 Å². The summed E-state index contributed by atoms with van der Waals surface area (Å²) in [6.07, 6.45) is 2.67. The van der Waals surface area contributed by atoms with Crippen molar-refractivity contribution in [3.05, 3.63) is 72.8 Å². The third-order valence-electron chi connectivity index (χ3n) is 7.00. The SMILES string of the molecule is CCOC(=O)/C=C/[C@H]1O[C@H](CO[Si](c2ccccc2)(c2ccccc2)C(C)(C)C)C[C@@H]2OC(C)(C)O[C@@H]21. The molecule has 2 aromatic rings. The molecular weight excluding hydrogens is 484 g/mol. The van der Waals surface area contributed by atoms with E-state index in [1.807, 2.05) is 26.0 Å². The van der Waals surface area contributed by atoms with E-state index >= 15 is 0 Å². The Morgan fingerprint density at radius 2 is 1.62 bits per heavy atom. The molecule has 0 N–H and O–H groups in total. The van der Waals surface area contributed by atoms with Crippen LogP contribution in [-0.4, -0.2) is 57.7 Å². The number of benzene rings is 2. The number of fused-ring (bicyclic) bond motifs is 1. The first-order valence-corrected chi connectivity index (χ1v) is 15.1. The number of hydrogen-bond acceptors (Lipinski definition) is 6. The van der Waals surface area contributed by atoms with Gasteiger partial charge < -0.3 is 23.4 Å². The molecule has 2 saturated heterocycles. The van der Waals surface area contributed by atoms with Crippen LogP contribution in [0.2, 0.25) is 5.04 Å². The van der Waals surface area contributed by atoms with Crippen molar-refractivity contribution in [3.8, 4) is 0 Å². The number of hydrogen-bond donors (Lipinski definition) is 0. The molecular formula is C30H40O6Si. The summed E-state index contributed by atoms with van der Waals surface area (Å²) >= 11 is 0. The summed E-state index contributed by atoms with van der Waals surface area (Å²) in [7, 11) is -2.71. The Hall–Kier alpha value is -2.29. The largest absolute Gasteiger partial charge is 0.463 e. The number of rotatable bonds is 8. The lowest BCUT2D eigenvalue weighted by atomic mass is 9.98. The normalized spacial score (nSPS) is 25.7. The van der Waals surface area contributed by atoms with Crippen molar-refractivity contribution in [2.24, 2.45) is 0 Å². The molecule has 0 bridgehead atoms. The van der Waals surface area contributed by atoms with E-state index in [1.165, 1.54) is 16.4 Å². The van der Waals surface area contributed by atoms with E-state index in [2.05, 4.69) is 69.3 Å². The second-order valence-corrected chi connectivity index (χ2v) is 15.5. The van der Waals surface area contributed by atoms with Gasteiger partial charge in [-0.25, -0.2) is 4.79 Å². The van der Waals surface area contributed by atoms with Gasteiger partial charge in [-0.15, -0.1) is 0 Å². The summed E-state index contributed by atoms with van der Waals surface area (Å²) < 4.78 is 31.1. The number of ether oxygens (including phenoxy) is 4. The maximum absolute atomic E-state index is 12.0. The smallest absolute Gasteiger partial charge is 0.330 e. The van der Waals surface area contributed by atoms with Gasteiger partial charge in [0.2, 0.25) is 0 Å². The van der Waals surface area contributed by atoms with Gasteiger partial charge in [0.1, 0.15) is 12.2 Å². The highest BCUT2D eigenvalue weighted by molar-refractivity contribution is 6.99. The fourth-order valence-electron chi connectivity index (χ4n) is 5.54. The number of esters is 1. The van der Waals surface area contributed by atoms with Crippen LogP contribution in [0.25, 0.3) is 0 Å². The maximum atomic E-state index is 12.0. The predicted octanol–water partition coefficient (Wildman–Crippen LogP) is 4.36. The first kappa shape index (κ1) is 27.7. The van der Waals surface area contributed by atoms with Gasteiger partial charge in [-0.05, 0) is 42.3 Å². The minimum atomic E-state index is -2.71. The highest BCUT2D eigenvalue weighted by Crippen LogP contribution is 2.40. The minimum Gasteiger partial charge on any atom is -0.463 e. The summed E-state index contributed by atoms with van der Waals surface area (Å²) in [6, 6.07) is 21.1. The molecule has 0 aromatic heterocycles. The highest BCUT2D eigenvalue weighted by Gasteiger charge is 2.53. The lowest BCUT2D eigenvalue weighted by Gasteiger charge is -2.44. The molecule has 0 aliphatic carbocycles. The van der Waals surface area contributed by atoms with Gasteiger partial charge in [0.05, 0.1) is 25.4 Å². The average Bonchev–Trinajstić information content (AvgIpc) is 3.17. The number of carbonyl (C=O) groups excluding carboxylic acids is 1. The molecule has 0 saturated carbocycles. The molecule has 4 rings (SSSR count). The fourth-order valence-corrected chi connectivity index (χ4v) is 10.1. The Kier molecular flexibility index (Phi) is 8.40. The molecule has 2 fully saturated rings. The summed E-state index contributed by atoms with van der Waals surface area (Å²) in [5.41, 5.74) is 0. The van der Waals surface area contributed by atoms with E-state index in [9.17, 15) is 4.79 Å². The number of carbonyl (C=O) groups is 1. The molecule has 2 aliphatic heterocycles. The van der Waals surface area contributed by atoms with Gasteiger partial charge >= 0.3 is 5.97 Å². The van der Waals surface area contributed by atoms with Crippen molar-refractivity contribution in [1.82, 2.24) is 0 Å². The Morgan fingerprint density at radius 3 is 2.16 bits per heavy atom. The lowest BCUT2D eigenvalue weighted by Crippen LogP contribution is -2.67. The molecule has 0 radical (unpaired) electrons. The Balaban J connectivity index is 1.63. The molecule has 2 aliphatic rings. The van der Waals surface area contributed by atoms with E-state index < -0.39 is 26.2 Å². The zero-order valence-corrected chi connectivity index (χ0v) is 23.8. The molecule has 6 nitrogen and oxygen atoms in total. The summed E-state index contributed by atoms with van der Waals surface area (Å²) in [4.78, 5) is 12.0. The molecule has 2 aromatic carbocycles. The second-order valence-electron chi connectivity index (χ2n) is 11.2. The predicted molar refractivity (Wildman–Crippen MR) is 146 cm³/mol. The van der Waals surface area contributed by atoms with Crippen LogP contribution in [0.4, 0.5) is 0 Å². The van der Waals surface area contributed by atoms with Crippen molar-refractivity contribution in [1.29, 1.82) is 0 Å². The van der Waals surface area contributed by atoms with Crippen LogP contribution in [-0.2, 0) is 28.2 Å². The monoisotopic (exact) mass is 524 g/mol. The van der Waals surface area contributed by atoms with Crippen LogP contribution in [0, 0.1) is 0 Å². The summed E-state index contributed by atoms with van der Waals surface area (Å²) in [6.45, 7) is 13.1. The third-order valence-corrected chi connectivity index (χ3v) is 12.0. The zero-order valence-electron chi connectivity index (χ0n) is 22.8. The first-order chi connectivity index (χ1) is 17.6. The average molecular weight is 525 g/mol. The van der Waals surface area contributed by atoms with E-state index in [0.717, 1.165) is 0 Å². The van der Waals surface area contributed by atoms with E-state index in [4.69, 9.17) is 23.4 Å². The van der Waals surface area contributed by atoms with Gasteiger partial charge in [0, 0.05) is 12.5 Å². The van der Waals surface area contributed by atoms with Crippen molar-refractivity contribution in [2.45, 2.75) is 83.2 Å². The van der Waals surface area contributed by atoms with Gasteiger partial charge in [0.15, 0.2) is 5.79 Å². The van der Waals surface area contributed by atoms with E-state index in [0.29, 0.717) is 19.6 Å². The van der Waals surface area contributed by atoms with Crippen molar-refractivity contribution < 1.29 is 28.2 Å². The van der Waals surface area contributed by atoms with Crippen LogP contribution in [0.5, 0.6) is 0 Å². The lowest BCUT2D eigenvalue weighted by molar-refractivity contribution is -0.152. The summed E-state index contributed by atoms with van der Waals surface area (Å²) in [5.74, 6) is -1.12. The highest BCUT2D eigenvalue weighted by atomic mass is 28.4. The molecule has 7 heteroatoms. The molecule has 200 valence electrons. The van der Waals surface area contributed by atoms with Gasteiger partial charge in [0.25, 0.3) is 8.32 Å². The molecule has 0 spiro atoms. The van der Waals surface area contributed by atoms with Crippen molar-refractivity contribution in [2.75, 3.05) is 13.2 Å². The molecule has 0 unspecified atom stereocenters. The van der Waals surface area contributed by atoms with Gasteiger partial charge in [-0.2, -0.15) is 0 Å². The second kappa shape index (κ2) is 11.2. The Bertz CT molecular complexity index is 1020. The quantitative estimate of drug-likeness (QED) is 0.291. The van der Waals surface area contributed by atoms with Gasteiger partial charge in [-0.1, -0.05) is 81.4 Å². The molecule has 2 heterocycles. The van der Waals surface area contributed by atoms with E-state index in [-0.39, 0.29) is 23.4 Å². The van der Waals surface area contributed by atoms with Crippen molar-refractivity contribution in [3.63, 3.8) is 0 Å². The summed E-state index contributed by atoms with van der Waals surface area (Å²) in [5, 5.41) is 2.32. The Labute approximate surface area is 222 Å². The maximum Gasteiger partial charge on any atom is 0.330 e. The minimum absolute atomic E-state index is 0.134. The fraction of sp³-hybridized carbons (Fsp3) is 0.500. The van der Waals surface area contributed by atoms with Gasteiger partial charge in [-0.3, -0.25) is 0 Å². The molecule has 4 atom stereocenters. The third kappa shape index (κ3) is 6.07. The van der Waals surface area contributed by atoms with Crippen LogP contribution in [0.15, 0.2) is 72.8 Å². The van der Waals surface area contributed by atoms with Crippen LogP contribution in [0.3, 0.4) is 0 Å². The topological polar surface area (TPSA) is 63.2 Å². The standard InChI is InChI=1S/C30H40O6Si/c1-7-32-27(31)19-18-25-28-26(35-30(5,6)36-28)20-22(34-25)21-33-37(29(2,3)4,23-14-10-8-11-15-23)24-16-12-9-13-17-24/h8-19,22,25-26,28H,7,20-21H2,1-6H3/b19-18+/t22-,25+,26-,28+/m0/s1. The van der Waals surface area contributed by atoms with Crippen LogP contribution >= 0.6 is 0 Å². The first-order valence-electron chi connectivity index (χ1n) is 13.2. The van der Waals surface area contributed by atoms with Crippen molar-refractivity contribution >= 4 is 24.7 Å². The van der Waals surface area contributed by atoms with Crippen LogP contribution in [0.1, 0.15) is 48.0 Å². The molecule has 37 heavy (non-hydrogen) atoms. The molecule has 0 amide bonds. The Morgan fingerprint density at radius 1 is 1.03 bits per heavy atom.